The third-order valence-corrected chi connectivity index (χ3v) is 5.07. The minimum absolute atomic E-state index is 0.143. The molecule has 0 amide bonds. The number of carbonyl (C=O) groups excluding carboxylic acids is 2. The van der Waals surface area contributed by atoms with Crippen LogP contribution in [0.2, 0.25) is 0 Å². The molecule has 0 aliphatic heterocycles. The van der Waals surface area contributed by atoms with E-state index in [1.165, 1.54) is 89.9 Å². The maximum Gasteiger partial charge on any atom is 0.313 e. The van der Waals surface area contributed by atoms with E-state index in [-0.39, 0.29) is 10.9 Å². The van der Waals surface area contributed by atoms with E-state index < -0.39 is 11.8 Å². The minimum Gasteiger partial charge on any atom is -0.465 e. The van der Waals surface area contributed by atoms with E-state index in [0.29, 0.717) is 6.61 Å². The third kappa shape index (κ3) is 21.8. The highest BCUT2D eigenvalue weighted by Gasteiger charge is 2.08. The van der Waals surface area contributed by atoms with Gasteiger partial charge in [-0.3, -0.25) is 9.59 Å². The molecule has 0 aliphatic rings. The molecule has 0 unspecified atom stereocenters. The quantitative estimate of drug-likeness (QED) is 0.0840. The van der Waals surface area contributed by atoms with E-state index in [1.54, 1.807) is 0 Å². The summed E-state index contributed by atoms with van der Waals surface area (Å²) in [7, 11) is 0. The molecule has 0 bridgehead atoms. The number of ketones is 1. The molecule has 0 saturated carbocycles. The van der Waals surface area contributed by atoms with E-state index >= 15 is 0 Å². The Morgan fingerprint density at radius 3 is 1.46 bits per heavy atom. The van der Waals surface area contributed by atoms with Crippen LogP contribution >= 0.6 is 23.2 Å². The number of carbonyl (C=O) groups is 2. The number of hydrogen-bond acceptors (Lipinski definition) is 3. The molecule has 0 atom stereocenters. The summed E-state index contributed by atoms with van der Waals surface area (Å²) in [6, 6.07) is 0. The topological polar surface area (TPSA) is 43.4 Å². The lowest BCUT2D eigenvalue weighted by Gasteiger charge is -2.05. The van der Waals surface area contributed by atoms with E-state index in [9.17, 15) is 9.59 Å². The van der Waals surface area contributed by atoms with Crippen LogP contribution < -0.4 is 0 Å². The van der Waals surface area contributed by atoms with Crippen molar-refractivity contribution in [3.63, 3.8) is 0 Å². The molecule has 0 aliphatic carbocycles. The summed E-state index contributed by atoms with van der Waals surface area (Å²) < 4.78 is 4.90. The van der Waals surface area contributed by atoms with Gasteiger partial charge in [0.1, 0.15) is 10.9 Å². The SMILES string of the molecule is CCCCCCCCCCCCCCCCCCOC(=O)CC(=O)C=C(Cl)Cl. The molecule has 3 nitrogen and oxygen atoms in total. The molecule has 0 fully saturated rings. The average Bonchev–Trinajstić information content (AvgIpc) is 2.63. The second-order valence-corrected chi connectivity index (χ2v) is 8.61. The van der Waals surface area contributed by atoms with Crippen molar-refractivity contribution < 1.29 is 14.3 Å². The van der Waals surface area contributed by atoms with Crippen molar-refractivity contribution in [1.82, 2.24) is 0 Å². The molecule has 0 N–H and O–H groups in total. The number of esters is 1. The Labute approximate surface area is 182 Å². The maximum absolute atomic E-state index is 11.4. The second-order valence-electron chi connectivity index (χ2n) is 7.60. The molecule has 5 heteroatoms. The smallest absolute Gasteiger partial charge is 0.313 e. The Morgan fingerprint density at radius 1 is 0.679 bits per heavy atom. The van der Waals surface area contributed by atoms with Gasteiger partial charge in [0.05, 0.1) is 6.61 Å². The van der Waals surface area contributed by atoms with Gasteiger partial charge in [-0.1, -0.05) is 126 Å². The molecule has 0 rings (SSSR count). The van der Waals surface area contributed by atoms with Crippen molar-refractivity contribution in [2.75, 3.05) is 6.61 Å². The monoisotopic (exact) mass is 434 g/mol. The Morgan fingerprint density at radius 2 is 1.07 bits per heavy atom. The zero-order valence-corrected chi connectivity index (χ0v) is 19.3. The predicted molar refractivity (Wildman–Crippen MR) is 120 cm³/mol. The van der Waals surface area contributed by atoms with Gasteiger partial charge in [-0.15, -0.1) is 0 Å². The number of halogens is 2. The second kappa shape index (κ2) is 21.2. The Bertz CT molecular complexity index is 418. The number of rotatable bonds is 20. The summed E-state index contributed by atoms with van der Waals surface area (Å²) in [5.74, 6) is -0.950. The van der Waals surface area contributed by atoms with Crippen LogP contribution in [0.25, 0.3) is 0 Å². The molecule has 0 heterocycles. The standard InChI is InChI=1S/C23H40Cl2O3/c1-2-3-4-5-6-7-8-9-10-11-12-13-14-15-16-17-18-28-23(27)20-21(26)19-22(24)25/h19H,2-18,20H2,1H3. The molecule has 164 valence electrons. The van der Waals surface area contributed by atoms with Gasteiger partial charge >= 0.3 is 5.97 Å². The summed E-state index contributed by atoms with van der Waals surface area (Å²) in [6.45, 7) is 2.64. The minimum atomic E-state index is -0.517. The number of hydrogen-bond donors (Lipinski definition) is 0. The van der Waals surface area contributed by atoms with Crippen LogP contribution in [-0.4, -0.2) is 18.4 Å². The van der Waals surface area contributed by atoms with Crippen LogP contribution in [0, 0.1) is 0 Å². The summed E-state index contributed by atoms with van der Waals surface area (Å²) >= 11 is 10.7. The van der Waals surface area contributed by atoms with Crippen molar-refractivity contribution in [2.45, 2.75) is 116 Å². The van der Waals surface area contributed by atoms with Crippen LogP contribution in [0.5, 0.6) is 0 Å². The number of allylic oxidation sites excluding steroid dienone is 1. The summed E-state index contributed by atoms with van der Waals surface area (Å²) in [5, 5.41) is 0. The van der Waals surface area contributed by atoms with Gasteiger partial charge in [-0.05, 0) is 6.42 Å². The summed E-state index contributed by atoms with van der Waals surface area (Å²) in [6.07, 6.45) is 21.7. The lowest BCUT2D eigenvalue weighted by atomic mass is 10.0. The van der Waals surface area contributed by atoms with Gasteiger partial charge in [0.15, 0.2) is 5.78 Å². The van der Waals surface area contributed by atoms with E-state index in [1.807, 2.05) is 0 Å². The highest BCUT2D eigenvalue weighted by molar-refractivity contribution is 6.56. The fourth-order valence-corrected chi connectivity index (χ4v) is 3.45. The first-order valence-corrected chi connectivity index (χ1v) is 12.0. The average molecular weight is 435 g/mol. The summed E-state index contributed by atoms with van der Waals surface area (Å²) in [5.41, 5.74) is 0. The fourth-order valence-electron chi connectivity index (χ4n) is 3.20. The molecule has 0 aromatic carbocycles. The molecule has 0 radical (unpaired) electrons. The molecule has 0 aromatic heterocycles. The maximum atomic E-state index is 11.4. The third-order valence-electron chi connectivity index (χ3n) is 4.85. The Balaban J connectivity index is 3.22. The molecular weight excluding hydrogens is 395 g/mol. The van der Waals surface area contributed by atoms with Crippen LogP contribution in [0.1, 0.15) is 116 Å². The first kappa shape index (κ1) is 27.5. The Hall–Kier alpha value is -0.540. The van der Waals surface area contributed by atoms with Gasteiger partial charge < -0.3 is 4.74 Å². The number of ether oxygens (including phenoxy) is 1. The molecule has 28 heavy (non-hydrogen) atoms. The first-order valence-electron chi connectivity index (χ1n) is 11.3. The van der Waals surface area contributed by atoms with Crippen molar-refractivity contribution >= 4 is 35.0 Å². The lowest BCUT2D eigenvalue weighted by molar-refractivity contribution is -0.145. The van der Waals surface area contributed by atoms with Gasteiger partial charge in [0.25, 0.3) is 0 Å². The van der Waals surface area contributed by atoms with Crippen LogP contribution in [-0.2, 0) is 14.3 Å². The molecular formula is C23H40Cl2O3. The largest absolute Gasteiger partial charge is 0.465 e. The normalized spacial score (nSPS) is 10.7. The van der Waals surface area contributed by atoms with E-state index in [4.69, 9.17) is 27.9 Å². The number of unbranched alkanes of at least 4 members (excludes halogenated alkanes) is 15. The molecule has 0 aromatic rings. The highest BCUT2D eigenvalue weighted by Crippen LogP contribution is 2.13. The van der Waals surface area contributed by atoms with E-state index in [0.717, 1.165) is 18.9 Å². The van der Waals surface area contributed by atoms with Gasteiger partial charge in [-0.25, -0.2) is 0 Å². The van der Waals surface area contributed by atoms with Crippen molar-refractivity contribution in [1.29, 1.82) is 0 Å². The van der Waals surface area contributed by atoms with Crippen LogP contribution in [0.4, 0.5) is 0 Å². The summed E-state index contributed by atoms with van der Waals surface area (Å²) in [4.78, 5) is 22.7. The van der Waals surface area contributed by atoms with Crippen molar-refractivity contribution in [3.05, 3.63) is 10.6 Å². The molecule has 0 spiro atoms. The zero-order valence-electron chi connectivity index (χ0n) is 17.8. The Kier molecular flexibility index (Phi) is 20.8. The first-order chi connectivity index (χ1) is 13.6. The van der Waals surface area contributed by atoms with Crippen molar-refractivity contribution in [3.8, 4) is 0 Å². The van der Waals surface area contributed by atoms with Crippen LogP contribution in [0.15, 0.2) is 10.6 Å². The lowest BCUT2D eigenvalue weighted by Crippen LogP contribution is -2.10. The van der Waals surface area contributed by atoms with Crippen molar-refractivity contribution in [2.24, 2.45) is 0 Å². The predicted octanol–water partition coefficient (Wildman–Crippen LogP) is 8.07. The highest BCUT2D eigenvalue weighted by atomic mass is 35.5. The fraction of sp³-hybridized carbons (Fsp3) is 0.826. The van der Waals surface area contributed by atoms with Crippen LogP contribution in [0.3, 0.4) is 0 Å². The van der Waals surface area contributed by atoms with Gasteiger partial charge in [0.2, 0.25) is 0 Å². The van der Waals surface area contributed by atoms with Gasteiger partial charge in [0, 0.05) is 6.08 Å². The molecule has 0 saturated heterocycles. The van der Waals surface area contributed by atoms with Gasteiger partial charge in [-0.2, -0.15) is 0 Å². The zero-order chi connectivity index (χ0) is 20.9. The van der Waals surface area contributed by atoms with E-state index in [2.05, 4.69) is 6.92 Å².